The van der Waals surface area contributed by atoms with Gasteiger partial charge in [-0.05, 0) is 30.4 Å². The van der Waals surface area contributed by atoms with Crippen LogP contribution in [-0.2, 0) is 0 Å². The third-order valence-corrected chi connectivity index (χ3v) is 4.20. The van der Waals surface area contributed by atoms with Crippen LogP contribution in [-0.4, -0.2) is 49.1 Å². The van der Waals surface area contributed by atoms with Crippen LogP contribution in [0.5, 0.6) is 17.2 Å². The van der Waals surface area contributed by atoms with Crippen LogP contribution in [0.2, 0.25) is 0 Å². The highest BCUT2D eigenvalue weighted by molar-refractivity contribution is 5.46. The van der Waals surface area contributed by atoms with E-state index < -0.39 is 6.10 Å². The van der Waals surface area contributed by atoms with Crippen molar-refractivity contribution in [3.8, 4) is 17.2 Å². The van der Waals surface area contributed by atoms with Gasteiger partial charge in [-0.1, -0.05) is 13.8 Å². The molecule has 5 nitrogen and oxygen atoms in total. The number of rotatable bonds is 5. The number of aliphatic hydroxyl groups is 1. The zero-order chi connectivity index (χ0) is 15.5. The molecule has 1 N–H and O–H groups in total. The van der Waals surface area contributed by atoms with Crippen molar-refractivity contribution >= 4 is 0 Å². The molecular weight excluding hydrogens is 282 g/mol. The van der Waals surface area contributed by atoms with E-state index in [1.165, 1.54) is 6.42 Å². The molecular formula is C17H25NO4. The first-order chi connectivity index (χ1) is 10.6. The fraction of sp³-hybridized carbons (Fsp3) is 0.647. The van der Waals surface area contributed by atoms with E-state index in [4.69, 9.17) is 14.2 Å². The summed E-state index contributed by atoms with van der Waals surface area (Å²) in [6, 6.07) is 5.48. The molecule has 0 amide bonds. The highest BCUT2D eigenvalue weighted by Gasteiger charge is 2.23. The quantitative estimate of drug-likeness (QED) is 0.903. The largest absolute Gasteiger partial charge is 0.491 e. The fourth-order valence-electron chi connectivity index (χ4n) is 3.45. The van der Waals surface area contributed by atoms with Gasteiger partial charge in [-0.25, -0.2) is 0 Å². The van der Waals surface area contributed by atoms with Gasteiger partial charge in [-0.3, -0.25) is 0 Å². The Morgan fingerprint density at radius 2 is 1.95 bits per heavy atom. The van der Waals surface area contributed by atoms with Gasteiger partial charge in [-0.15, -0.1) is 0 Å². The molecule has 0 radical (unpaired) electrons. The molecule has 0 spiro atoms. The van der Waals surface area contributed by atoms with E-state index in [1.54, 1.807) is 6.07 Å². The second kappa shape index (κ2) is 6.75. The molecule has 0 bridgehead atoms. The minimum atomic E-state index is -0.483. The van der Waals surface area contributed by atoms with Gasteiger partial charge in [0.25, 0.3) is 0 Å². The van der Waals surface area contributed by atoms with Crippen molar-refractivity contribution in [2.45, 2.75) is 26.4 Å². The number of fused-ring (bicyclic) bond motifs is 1. The zero-order valence-corrected chi connectivity index (χ0v) is 13.3. The number of hydrogen-bond acceptors (Lipinski definition) is 5. The molecule has 1 saturated heterocycles. The van der Waals surface area contributed by atoms with Gasteiger partial charge in [0.2, 0.25) is 6.79 Å². The monoisotopic (exact) mass is 307 g/mol. The van der Waals surface area contributed by atoms with Crippen LogP contribution < -0.4 is 14.2 Å². The summed E-state index contributed by atoms with van der Waals surface area (Å²) < 4.78 is 16.3. The van der Waals surface area contributed by atoms with Crippen molar-refractivity contribution in [1.29, 1.82) is 0 Å². The lowest BCUT2D eigenvalue weighted by Gasteiger charge is -2.35. The summed E-state index contributed by atoms with van der Waals surface area (Å²) in [6.07, 6.45) is 0.795. The smallest absolute Gasteiger partial charge is 0.231 e. The maximum atomic E-state index is 10.2. The van der Waals surface area contributed by atoms with Crippen LogP contribution in [0.1, 0.15) is 20.3 Å². The summed E-state index contributed by atoms with van der Waals surface area (Å²) in [6.45, 7) is 7.89. The number of benzene rings is 1. The molecule has 1 fully saturated rings. The molecule has 0 aromatic heterocycles. The zero-order valence-electron chi connectivity index (χ0n) is 13.3. The molecule has 2 heterocycles. The summed E-state index contributed by atoms with van der Waals surface area (Å²) in [4.78, 5) is 2.34. The predicted molar refractivity (Wildman–Crippen MR) is 83.5 cm³/mol. The molecule has 0 aliphatic carbocycles. The molecule has 0 saturated carbocycles. The minimum Gasteiger partial charge on any atom is -0.491 e. The first kappa shape index (κ1) is 15.4. The number of aliphatic hydroxyl groups excluding tert-OH is 1. The molecule has 2 aliphatic heterocycles. The van der Waals surface area contributed by atoms with Crippen molar-refractivity contribution in [2.24, 2.45) is 11.8 Å². The molecule has 2 aliphatic rings. The summed E-state index contributed by atoms with van der Waals surface area (Å²) in [5.74, 6) is 3.54. The second-order valence-electron chi connectivity index (χ2n) is 6.64. The van der Waals surface area contributed by atoms with E-state index in [9.17, 15) is 5.11 Å². The lowest BCUT2D eigenvalue weighted by molar-refractivity contribution is 0.0428. The Kier molecular flexibility index (Phi) is 4.74. The first-order valence-corrected chi connectivity index (χ1v) is 8.03. The number of nitrogens with zero attached hydrogens (tertiary/aromatic N) is 1. The highest BCUT2D eigenvalue weighted by atomic mass is 16.7. The summed E-state index contributed by atoms with van der Waals surface area (Å²) in [5, 5.41) is 10.2. The first-order valence-electron chi connectivity index (χ1n) is 8.03. The topological polar surface area (TPSA) is 51.2 Å². The van der Waals surface area contributed by atoms with Gasteiger partial charge in [0, 0.05) is 25.7 Å². The lowest BCUT2D eigenvalue weighted by atomic mass is 9.92. The number of β-amino-alcohol motifs (C(OH)–C–C–N with tert-alkyl or cyclic N) is 1. The van der Waals surface area contributed by atoms with E-state index in [2.05, 4.69) is 18.7 Å². The van der Waals surface area contributed by atoms with Crippen LogP contribution >= 0.6 is 0 Å². The van der Waals surface area contributed by atoms with Crippen LogP contribution in [0.3, 0.4) is 0 Å². The average Bonchev–Trinajstić information content (AvgIpc) is 2.91. The SMILES string of the molecule is C[C@@H]1C[C@H](C)CN(C[C@@H](O)COc2ccc3c(c2)OCO3)C1. The maximum absolute atomic E-state index is 10.2. The molecule has 3 atom stereocenters. The van der Waals surface area contributed by atoms with E-state index in [-0.39, 0.29) is 6.79 Å². The van der Waals surface area contributed by atoms with Gasteiger partial charge in [0.1, 0.15) is 18.5 Å². The van der Waals surface area contributed by atoms with E-state index >= 15 is 0 Å². The average molecular weight is 307 g/mol. The highest BCUT2D eigenvalue weighted by Crippen LogP contribution is 2.35. The second-order valence-corrected chi connectivity index (χ2v) is 6.64. The van der Waals surface area contributed by atoms with Crippen molar-refractivity contribution in [3.05, 3.63) is 18.2 Å². The molecule has 1 aromatic rings. The van der Waals surface area contributed by atoms with E-state index in [1.807, 2.05) is 12.1 Å². The standard InChI is InChI=1S/C17H25NO4/c1-12-5-13(2)8-18(7-12)9-14(19)10-20-15-3-4-16-17(6-15)22-11-21-16/h3-4,6,12-14,19H,5,7-11H2,1-2H3/t12-,13+,14-/m1/s1. The number of ether oxygens (including phenoxy) is 3. The summed E-state index contributed by atoms with van der Waals surface area (Å²) >= 11 is 0. The van der Waals surface area contributed by atoms with Crippen LogP contribution in [0.25, 0.3) is 0 Å². The van der Waals surface area contributed by atoms with Crippen molar-refractivity contribution in [2.75, 3.05) is 33.0 Å². The lowest BCUT2D eigenvalue weighted by Crippen LogP contribution is -2.43. The number of piperidine rings is 1. The Hall–Kier alpha value is -1.46. The van der Waals surface area contributed by atoms with E-state index in [0.717, 1.165) is 18.8 Å². The third-order valence-electron chi connectivity index (χ3n) is 4.20. The van der Waals surface area contributed by atoms with Crippen LogP contribution in [0, 0.1) is 11.8 Å². The molecule has 22 heavy (non-hydrogen) atoms. The van der Waals surface area contributed by atoms with Crippen LogP contribution in [0.4, 0.5) is 0 Å². The minimum absolute atomic E-state index is 0.257. The van der Waals surface area contributed by atoms with Crippen molar-refractivity contribution in [3.63, 3.8) is 0 Å². The summed E-state index contributed by atoms with van der Waals surface area (Å²) in [5.41, 5.74) is 0. The third kappa shape index (κ3) is 3.84. The summed E-state index contributed by atoms with van der Waals surface area (Å²) in [7, 11) is 0. The maximum Gasteiger partial charge on any atom is 0.231 e. The predicted octanol–water partition coefficient (Wildman–Crippen LogP) is 2.13. The normalized spacial score (nSPS) is 26.0. The molecule has 5 heteroatoms. The molecule has 122 valence electrons. The Bertz CT molecular complexity index is 497. The Balaban J connectivity index is 1.47. The van der Waals surface area contributed by atoms with Gasteiger partial charge in [0.15, 0.2) is 11.5 Å². The van der Waals surface area contributed by atoms with Crippen LogP contribution in [0.15, 0.2) is 18.2 Å². The number of likely N-dealkylation sites (tertiary alicyclic amines) is 1. The van der Waals surface area contributed by atoms with Crippen molar-refractivity contribution in [1.82, 2.24) is 4.90 Å². The Labute approximate surface area is 131 Å². The molecule has 1 aromatic carbocycles. The van der Waals surface area contributed by atoms with E-state index in [0.29, 0.717) is 36.5 Å². The Morgan fingerprint density at radius 3 is 2.73 bits per heavy atom. The number of hydrogen-bond donors (Lipinski definition) is 1. The van der Waals surface area contributed by atoms with Crippen molar-refractivity contribution < 1.29 is 19.3 Å². The van der Waals surface area contributed by atoms with Gasteiger partial charge >= 0.3 is 0 Å². The Morgan fingerprint density at radius 1 is 1.23 bits per heavy atom. The van der Waals surface area contributed by atoms with Gasteiger partial charge < -0.3 is 24.2 Å². The molecule has 3 rings (SSSR count). The fourth-order valence-corrected chi connectivity index (χ4v) is 3.45. The van der Waals surface area contributed by atoms with Gasteiger partial charge in [0.05, 0.1) is 0 Å². The van der Waals surface area contributed by atoms with Gasteiger partial charge in [-0.2, -0.15) is 0 Å². The molecule has 0 unspecified atom stereocenters.